The molecule has 0 bridgehead atoms. The number of nitrogens with zero attached hydrogens (tertiary/aromatic N) is 4. The highest BCUT2D eigenvalue weighted by atomic mass is 35.6. The highest BCUT2D eigenvalue weighted by Crippen LogP contribution is 2.45. The minimum Gasteiger partial charge on any atom is -0.479 e. The number of halogens is 9. The van der Waals surface area contributed by atoms with E-state index in [0.717, 1.165) is 7.11 Å². The van der Waals surface area contributed by atoms with E-state index in [0.29, 0.717) is 10.9 Å². The minimum absolute atomic E-state index is 0.316. The Balaban J connectivity index is 2.70. The molecule has 0 fully saturated rings. The molecular formula is C10H4Cl6F3N4O. The van der Waals surface area contributed by atoms with Gasteiger partial charge in [0.1, 0.15) is 22.7 Å². The summed E-state index contributed by atoms with van der Waals surface area (Å²) in [4.78, 5) is 0. The van der Waals surface area contributed by atoms with Crippen LogP contribution >= 0.6 is 69.6 Å². The summed E-state index contributed by atoms with van der Waals surface area (Å²) in [6, 6.07) is 0. The minimum atomic E-state index is -4.75. The Morgan fingerprint density at radius 3 is 2.00 bits per heavy atom. The van der Waals surface area contributed by atoms with Crippen LogP contribution < -0.4 is 10.2 Å². The molecule has 1 aliphatic heterocycles. The van der Waals surface area contributed by atoms with Crippen molar-refractivity contribution in [1.29, 1.82) is 0 Å². The predicted octanol–water partition coefficient (Wildman–Crippen LogP) is 4.79. The van der Waals surface area contributed by atoms with Crippen LogP contribution in [0.5, 0.6) is 5.88 Å². The van der Waals surface area contributed by atoms with Crippen molar-refractivity contribution in [3.63, 3.8) is 0 Å². The fraction of sp³-hybridized carbons (Fsp3) is 0.400. The van der Waals surface area contributed by atoms with Crippen molar-refractivity contribution >= 4 is 81.0 Å². The summed E-state index contributed by atoms with van der Waals surface area (Å²) < 4.78 is 40.1. The van der Waals surface area contributed by atoms with Gasteiger partial charge in [0.15, 0.2) is 0 Å². The van der Waals surface area contributed by atoms with Gasteiger partial charge in [-0.15, -0.1) is 15.6 Å². The number of rotatable bonds is 2. The van der Waals surface area contributed by atoms with Gasteiger partial charge in [-0.05, 0) is 0 Å². The largest absolute Gasteiger partial charge is 0.479 e. The number of hydrogen-bond donors (Lipinski definition) is 0. The van der Waals surface area contributed by atoms with E-state index in [9.17, 15) is 13.2 Å². The first-order chi connectivity index (χ1) is 10.8. The first kappa shape index (κ1) is 20.1. The topological polar surface area (TPSA) is 53.5 Å². The van der Waals surface area contributed by atoms with Crippen molar-refractivity contribution in [3.8, 4) is 5.88 Å². The fourth-order valence-electron chi connectivity index (χ4n) is 1.72. The zero-order chi connectivity index (χ0) is 18.5. The number of aromatic nitrogens is 2. The average molecular weight is 466 g/mol. The molecule has 1 aromatic rings. The number of hydrogen-bond acceptors (Lipinski definition) is 3. The van der Waals surface area contributed by atoms with Crippen LogP contribution in [0.1, 0.15) is 5.56 Å². The van der Waals surface area contributed by atoms with Crippen LogP contribution in [-0.2, 0) is 6.18 Å². The molecule has 2 rings (SSSR count). The molecule has 0 N–H and O–H groups in total. The van der Waals surface area contributed by atoms with E-state index in [-0.39, 0.29) is 17.1 Å². The van der Waals surface area contributed by atoms with Crippen LogP contribution in [0.15, 0.2) is 17.0 Å². The third-order valence-corrected chi connectivity index (χ3v) is 3.72. The van der Waals surface area contributed by atoms with Gasteiger partial charge in [-0.2, -0.15) is 13.2 Å². The first-order valence-corrected chi connectivity index (χ1v) is 7.92. The van der Waals surface area contributed by atoms with E-state index in [4.69, 9.17) is 69.6 Å². The predicted molar refractivity (Wildman–Crippen MR) is 87.1 cm³/mol. The fourth-order valence-corrected chi connectivity index (χ4v) is 2.49. The van der Waals surface area contributed by atoms with Gasteiger partial charge in [0, 0.05) is 6.20 Å². The standard InChI is InChI=1S/C10H4Cl6F3N4O/c1-24-7-3(10(17,18)19)2-23(22-7)4-5(8(11,12)13)20-21-6(4)9(14,15)16/h2H,1H3. The monoisotopic (exact) mass is 463 g/mol. The molecule has 1 radical (unpaired) electrons. The summed E-state index contributed by atoms with van der Waals surface area (Å²) in [5, 5.41) is 7.20. The average Bonchev–Trinajstić information content (AvgIpc) is 3.00. The van der Waals surface area contributed by atoms with E-state index in [2.05, 4.69) is 20.4 Å². The van der Waals surface area contributed by atoms with Gasteiger partial charge >= 0.3 is 6.18 Å². The van der Waals surface area contributed by atoms with Crippen molar-refractivity contribution in [2.24, 2.45) is 5.10 Å². The van der Waals surface area contributed by atoms with Crippen LogP contribution in [0.2, 0.25) is 0 Å². The molecule has 0 atom stereocenters. The molecule has 0 spiro atoms. The van der Waals surface area contributed by atoms with Crippen molar-refractivity contribution < 1.29 is 17.9 Å². The highest BCUT2D eigenvalue weighted by Gasteiger charge is 2.45. The maximum Gasteiger partial charge on any atom is 0.423 e. The molecule has 0 unspecified atom stereocenters. The zero-order valence-electron chi connectivity index (χ0n) is 11.2. The molecule has 133 valence electrons. The number of alkyl halides is 9. The van der Waals surface area contributed by atoms with Gasteiger partial charge in [-0.3, -0.25) is 0 Å². The molecule has 0 saturated heterocycles. The molecule has 5 nitrogen and oxygen atoms in total. The van der Waals surface area contributed by atoms with Crippen LogP contribution in [0.4, 0.5) is 13.2 Å². The molecule has 0 aliphatic carbocycles. The van der Waals surface area contributed by atoms with Crippen molar-refractivity contribution in [2.75, 3.05) is 7.11 Å². The number of allylic oxidation sites excluding steroid dienone is 2. The second-order valence-electron chi connectivity index (χ2n) is 4.24. The second-order valence-corrected chi connectivity index (χ2v) is 8.80. The van der Waals surface area contributed by atoms with Gasteiger partial charge in [-0.1, -0.05) is 69.6 Å². The van der Waals surface area contributed by atoms with E-state index >= 15 is 0 Å². The Labute approximate surface area is 163 Å². The summed E-state index contributed by atoms with van der Waals surface area (Å²) in [6.07, 6.45) is -4.17. The molecule has 0 saturated carbocycles. The first-order valence-electron chi connectivity index (χ1n) is 5.65. The third-order valence-electron chi connectivity index (χ3n) is 2.64. The van der Waals surface area contributed by atoms with Crippen molar-refractivity contribution in [2.45, 2.75) is 13.8 Å². The summed E-state index contributed by atoms with van der Waals surface area (Å²) in [7, 11) is 1.01. The van der Waals surface area contributed by atoms with Crippen LogP contribution in [0, 0.1) is 0 Å². The quantitative estimate of drug-likeness (QED) is 0.589. The molecule has 1 aromatic heterocycles. The van der Waals surface area contributed by atoms with Gasteiger partial charge in [0.2, 0.25) is 13.5 Å². The SMILES string of the molecule is COc1nn(C2=C(C(Cl)(Cl)Cl)[N]N=C2C(Cl)(Cl)Cl)cc1C(F)(F)F. The maximum atomic E-state index is 13.0. The molecule has 1 aliphatic rings. The Bertz CT molecular complexity index is 716. The Hall–Kier alpha value is -0.250. The van der Waals surface area contributed by atoms with Crippen LogP contribution in [-0.4, -0.2) is 30.2 Å². The molecule has 14 heteroatoms. The summed E-state index contributed by atoms with van der Waals surface area (Å²) in [5.74, 6) is -0.728. The van der Waals surface area contributed by atoms with Gasteiger partial charge in [0.25, 0.3) is 0 Å². The zero-order valence-corrected chi connectivity index (χ0v) is 15.7. The molecule has 0 aromatic carbocycles. The lowest BCUT2D eigenvalue weighted by Gasteiger charge is -2.16. The lowest BCUT2D eigenvalue weighted by molar-refractivity contribution is -0.138. The second kappa shape index (κ2) is 6.48. The van der Waals surface area contributed by atoms with Gasteiger partial charge < -0.3 is 4.74 Å². The summed E-state index contributed by atoms with van der Waals surface area (Å²) in [5.41, 5.74) is 1.34. The van der Waals surface area contributed by atoms with Crippen LogP contribution in [0.25, 0.3) is 5.70 Å². The Kier molecular flexibility index (Phi) is 5.42. The van der Waals surface area contributed by atoms with Crippen molar-refractivity contribution in [3.05, 3.63) is 17.5 Å². The van der Waals surface area contributed by atoms with Crippen LogP contribution in [0.3, 0.4) is 0 Å². The van der Waals surface area contributed by atoms with E-state index < -0.39 is 25.2 Å². The van der Waals surface area contributed by atoms with E-state index in [1.807, 2.05) is 0 Å². The number of ether oxygens (including phenoxy) is 1. The lowest BCUT2D eigenvalue weighted by Crippen LogP contribution is -2.24. The van der Waals surface area contributed by atoms with E-state index in [1.54, 1.807) is 0 Å². The van der Waals surface area contributed by atoms with Gasteiger partial charge in [0.05, 0.1) is 7.11 Å². The maximum absolute atomic E-state index is 13.0. The third kappa shape index (κ3) is 3.94. The molecule has 24 heavy (non-hydrogen) atoms. The Morgan fingerprint density at radius 2 is 1.62 bits per heavy atom. The molecule has 2 heterocycles. The molecular weight excluding hydrogens is 462 g/mol. The summed E-state index contributed by atoms with van der Waals surface area (Å²) >= 11 is 34.5. The number of methoxy groups -OCH3 is 1. The van der Waals surface area contributed by atoms with E-state index in [1.165, 1.54) is 0 Å². The highest BCUT2D eigenvalue weighted by molar-refractivity contribution is 6.80. The van der Waals surface area contributed by atoms with Gasteiger partial charge in [-0.25, -0.2) is 4.68 Å². The summed E-state index contributed by atoms with van der Waals surface area (Å²) in [6.45, 7) is 0. The smallest absolute Gasteiger partial charge is 0.423 e. The normalized spacial score (nSPS) is 16.3. The Morgan fingerprint density at radius 1 is 1.04 bits per heavy atom. The lowest BCUT2D eigenvalue weighted by atomic mass is 10.2. The van der Waals surface area contributed by atoms with Crippen molar-refractivity contribution in [1.82, 2.24) is 15.2 Å². The molecule has 0 amide bonds.